The molecule has 254 valence electrons. The third-order valence-corrected chi connectivity index (χ3v) is 10.3. The van der Waals surface area contributed by atoms with E-state index in [9.17, 15) is 19.8 Å². The van der Waals surface area contributed by atoms with Crippen molar-refractivity contribution < 1.29 is 34.0 Å². The summed E-state index contributed by atoms with van der Waals surface area (Å²) in [5.41, 5.74) is 10.4. The number of fused-ring (bicyclic) bond motifs is 3. The Morgan fingerprint density at radius 1 is 1.09 bits per heavy atom. The maximum atomic E-state index is 12.6. The fourth-order valence-electron chi connectivity index (χ4n) is 6.22. The van der Waals surface area contributed by atoms with Gasteiger partial charge in [-0.2, -0.15) is 0 Å². The van der Waals surface area contributed by atoms with Gasteiger partial charge in [0.15, 0.2) is 6.23 Å². The number of carbonyl (C=O) groups is 2. The number of nitrogens with zero attached hydrogens (tertiary/aromatic N) is 2. The van der Waals surface area contributed by atoms with Crippen LogP contribution in [0.2, 0.25) is 0 Å². The third kappa shape index (κ3) is 8.52. The number of nitrogens with two attached hydrogens (primary N) is 1. The van der Waals surface area contributed by atoms with Crippen LogP contribution in [0.25, 0.3) is 11.1 Å². The van der Waals surface area contributed by atoms with Crippen LogP contribution in [0.4, 0.5) is 4.79 Å². The van der Waals surface area contributed by atoms with E-state index in [4.69, 9.17) is 19.9 Å². The number of aliphatic imine (C=N–C) groups is 1. The van der Waals surface area contributed by atoms with Crippen LogP contribution in [0.5, 0.6) is 0 Å². The number of aliphatic hydroxyl groups is 2. The third-order valence-electron chi connectivity index (χ3n) is 8.85. The number of carbonyl (C=O) groups excluding carboxylic acids is 2. The van der Waals surface area contributed by atoms with Crippen molar-refractivity contribution in [3.63, 3.8) is 0 Å². The molecule has 1 fully saturated rings. The van der Waals surface area contributed by atoms with E-state index in [0.29, 0.717) is 38.2 Å². The van der Waals surface area contributed by atoms with E-state index in [-0.39, 0.29) is 12.5 Å². The first-order chi connectivity index (χ1) is 22.4. The van der Waals surface area contributed by atoms with Gasteiger partial charge in [0.25, 0.3) is 0 Å². The largest absolute Gasteiger partial charge is 0.516 e. The van der Waals surface area contributed by atoms with Crippen LogP contribution in [0, 0.1) is 5.92 Å². The van der Waals surface area contributed by atoms with Crippen molar-refractivity contribution in [1.29, 1.82) is 0 Å². The number of rotatable bonds is 12. The van der Waals surface area contributed by atoms with E-state index in [2.05, 4.69) is 42.1 Å². The van der Waals surface area contributed by atoms with Gasteiger partial charge in [-0.25, -0.2) is 9.79 Å². The lowest BCUT2D eigenvalue weighted by Crippen LogP contribution is -2.51. The highest BCUT2D eigenvalue weighted by atomic mass is 31.2. The summed E-state index contributed by atoms with van der Waals surface area (Å²) in [6, 6.07) is 16.1. The lowest BCUT2D eigenvalue weighted by atomic mass is 9.98. The first-order valence-corrected chi connectivity index (χ1v) is 19.3. The van der Waals surface area contributed by atoms with Gasteiger partial charge in [0.1, 0.15) is 25.0 Å². The Kier molecular flexibility index (Phi) is 11.3. The Balaban J connectivity index is 1.04. The Bertz CT molecular complexity index is 1500. The second-order valence-electron chi connectivity index (χ2n) is 13.2. The number of aliphatic hydroxyl groups excluding tert-OH is 2. The average molecular weight is 667 g/mol. The predicted molar refractivity (Wildman–Crippen MR) is 185 cm³/mol. The number of esters is 1. The Labute approximate surface area is 276 Å². The lowest BCUT2D eigenvalue weighted by molar-refractivity contribution is -0.144. The molecule has 47 heavy (non-hydrogen) atoms. The van der Waals surface area contributed by atoms with Crippen LogP contribution < -0.4 is 11.1 Å². The van der Waals surface area contributed by atoms with Crippen molar-refractivity contribution in [2.45, 2.75) is 69.2 Å². The molecule has 2 unspecified atom stereocenters. The van der Waals surface area contributed by atoms with Crippen molar-refractivity contribution in [2.75, 3.05) is 32.6 Å². The van der Waals surface area contributed by atoms with Crippen molar-refractivity contribution in [3.05, 3.63) is 71.9 Å². The molecule has 1 saturated heterocycles. The molecule has 5 rings (SSSR count). The molecule has 1 aliphatic carbocycles. The molecule has 0 spiro atoms. The Morgan fingerprint density at radius 2 is 1.74 bits per heavy atom. The molecular weight excluding hydrogens is 619 g/mol. The average Bonchev–Trinajstić information content (AvgIpc) is 3.51. The highest BCUT2D eigenvalue weighted by molar-refractivity contribution is 7.72. The van der Waals surface area contributed by atoms with E-state index in [1.807, 2.05) is 36.4 Å². The summed E-state index contributed by atoms with van der Waals surface area (Å²) in [6.07, 6.45) is 5.93. The molecule has 3 aliphatic rings. The number of unbranched alkanes of at least 4 members (excludes halogenated alkanes) is 1. The molecule has 0 aromatic heterocycles. The molecule has 2 aromatic rings. The molecule has 2 aromatic carbocycles. The van der Waals surface area contributed by atoms with Gasteiger partial charge in [0, 0.05) is 18.7 Å². The Morgan fingerprint density at radius 3 is 2.40 bits per heavy atom. The molecule has 5 N–H and O–H groups in total. The predicted octanol–water partition coefficient (Wildman–Crippen LogP) is 3.89. The lowest BCUT2D eigenvalue weighted by Gasteiger charge is -2.33. The molecule has 0 radical (unpaired) electrons. The maximum absolute atomic E-state index is 12.6. The van der Waals surface area contributed by atoms with Gasteiger partial charge in [0.05, 0.1) is 12.0 Å². The number of nitrogens with one attached hydrogen (secondary N) is 1. The van der Waals surface area contributed by atoms with Gasteiger partial charge in [-0.1, -0.05) is 61.9 Å². The normalized spacial score (nSPS) is 24.3. The number of benzene rings is 2. The van der Waals surface area contributed by atoms with E-state index >= 15 is 0 Å². The zero-order chi connectivity index (χ0) is 33.7. The minimum absolute atomic E-state index is 0.0815. The second-order valence-corrected chi connectivity index (χ2v) is 17.5. The monoisotopic (exact) mass is 666 g/mol. The van der Waals surface area contributed by atoms with Gasteiger partial charge in [-0.15, -0.1) is 13.2 Å². The van der Waals surface area contributed by atoms with Gasteiger partial charge < -0.3 is 35.5 Å². The van der Waals surface area contributed by atoms with Crippen molar-refractivity contribution in [2.24, 2.45) is 16.6 Å². The van der Waals surface area contributed by atoms with Crippen LogP contribution >= 0.6 is 6.89 Å². The molecule has 11 nitrogen and oxygen atoms in total. The zero-order valence-electron chi connectivity index (χ0n) is 27.3. The van der Waals surface area contributed by atoms with Gasteiger partial charge in [0.2, 0.25) is 5.96 Å². The molecule has 2 heterocycles. The molecular formula is C35H47N4O7P. The van der Waals surface area contributed by atoms with Gasteiger partial charge >= 0.3 is 12.1 Å². The van der Waals surface area contributed by atoms with Crippen LogP contribution in [-0.4, -0.2) is 103 Å². The minimum Gasteiger partial charge on any atom is -0.433 e. The van der Waals surface area contributed by atoms with Crippen LogP contribution in [0.15, 0.2) is 65.8 Å². The smallest absolute Gasteiger partial charge is 0.433 e. The van der Waals surface area contributed by atoms with Crippen LogP contribution in [0.1, 0.15) is 49.7 Å². The summed E-state index contributed by atoms with van der Waals surface area (Å²) in [5.74, 6) is -0.808. The van der Waals surface area contributed by atoms with Crippen LogP contribution in [-0.2, 0) is 19.0 Å². The number of hydrogen-bond acceptors (Lipinski definition) is 11. The van der Waals surface area contributed by atoms with E-state index in [1.165, 1.54) is 0 Å². The number of hydrogen-bond donors (Lipinski definition) is 4. The first kappa shape index (κ1) is 34.9. The standard InChI is InChI=1S/C35H47N4O7P/c1-22(33(42)46-35(43)44-21-27-25-14-7-5-12-23(25)24-13-6-8-15-26(24)27)11-9-10-18-37-34-38-29(36)16-19-39(34)32-31(41)30(40)28(45-32)17-20-47(2,3)4/h5-8,12-16,19,22,27-32,40-41H,2,9-11,17-18,20-21,36H2,1,3-4H3,(H,37,38)/t22?,28-,29?,30-,31-,32-/m1/s1. The Hall–Kier alpha value is -3.47. The van der Waals surface area contributed by atoms with E-state index in [1.54, 1.807) is 24.1 Å². The summed E-state index contributed by atoms with van der Waals surface area (Å²) >= 11 is 0. The first-order valence-electron chi connectivity index (χ1n) is 16.2. The van der Waals surface area contributed by atoms with Crippen molar-refractivity contribution in [3.8, 4) is 11.1 Å². The molecule has 0 saturated carbocycles. The quantitative estimate of drug-likeness (QED) is 0.114. The summed E-state index contributed by atoms with van der Waals surface area (Å²) in [7, 11) is 0. The fourth-order valence-corrected chi connectivity index (χ4v) is 7.17. The fraction of sp³-hybridized carbons (Fsp3) is 0.486. The van der Waals surface area contributed by atoms with Gasteiger partial charge in [-0.3, -0.25) is 9.69 Å². The highest BCUT2D eigenvalue weighted by Crippen LogP contribution is 2.44. The van der Waals surface area contributed by atoms with Crippen LogP contribution in [0.3, 0.4) is 0 Å². The van der Waals surface area contributed by atoms with Crippen molar-refractivity contribution in [1.82, 2.24) is 10.2 Å². The molecule has 12 heteroatoms. The SMILES string of the molecule is C=P(C)(C)CC[C@H]1O[C@@H](N2C=CC(N)N=C2NCCCCC(C)C(=O)OC(=O)OCC2c3ccccc3-c3ccccc32)[C@H](O)[C@@H]1O. The maximum Gasteiger partial charge on any atom is 0.516 e. The zero-order valence-corrected chi connectivity index (χ0v) is 28.2. The summed E-state index contributed by atoms with van der Waals surface area (Å²) < 4.78 is 16.5. The molecule has 6 atom stereocenters. The number of guanidine groups is 1. The summed E-state index contributed by atoms with van der Waals surface area (Å²) in [6.45, 7) is 5.26. The van der Waals surface area contributed by atoms with Gasteiger partial charge in [-0.05, 0) is 67.1 Å². The summed E-state index contributed by atoms with van der Waals surface area (Å²) in [5, 5.41) is 24.7. The summed E-state index contributed by atoms with van der Waals surface area (Å²) in [4.78, 5) is 31.2. The number of ether oxygens (including phenoxy) is 3. The van der Waals surface area contributed by atoms with Crippen molar-refractivity contribution >= 4 is 31.3 Å². The molecule has 2 aliphatic heterocycles. The highest BCUT2D eigenvalue weighted by Gasteiger charge is 2.46. The minimum atomic E-state index is -1.31. The topological polar surface area (TPSA) is 156 Å². The second kappa shape index (κ2) is 15.2. The van der Waals surface area contributed by atoms with E-state index in [0.717, 1.165) is 28.4 Å². The molecule has 0 amide bonds. The van der Waals surface area contributed by atoms with E-state index < -0.39 is 55.6 Å². The molecule has 0 bridgehead atoms.